The van der Waals surface area contributed by atoms with Gasteiger partial charge in [-0.15, -0.1) is 0 Å². The number of sulfonamides is 1. The Balaban J connectivity index is 1.97. The lowest BCUT2D eigenvalue weighted by molar-refractivity contribution is 0.0981. The summed E-state index contributed by atoms with van der Waals surface area (Å²) in [5.41, 5.74) is 5.41. The van der Waals surface area contributed by atoms with Crippen LogP contribution in [0.5, 0.6) is 0 Å². The highest BCUT2D eigenvalue weighted by Crippen LogP contribution is 2.38. The van der Waals surface area contributed by atoms with Crippen LogP contribution in [0, 0.1) is 5.92 Å². The standard InChI is InChI=1S/C18H22ClN5O3S/c1-11-9-10-24(18(11,2)3)16-12(7-8-13(19)21-16)17(25)23-28(26,27)15-6-4-5-14(20)22-15/h4-8,11H,9-10H2,1-3H3,(H2,20,22)(H,23,25). The van der Waals surface area contributed by atoms with Crippen molar-refractivity contribution >= 4 is 39.2 Å². The zero-order valence-electron chi connectivity index (χ0n) is 15.8. The third-order valence-corrected chi connectivity index (χ3v) is 6.72. The van der Waals surface area contributed by atoms with Crippen LogP contribution < -0.4 is 15.4 Å². The number of carbonyl (C=O) groups excluding carboxylic acids is 1. The molecule has 0 radical (unpaired) electrons. The van der Waals surface area contributed by atoms with Gasteiger partial charge in [0.15, 0.2) is 5.03 Å². The van der Waals surface area contributed by atoms with Crippen molar-refractivity contribution in [3.8, 4) is 0 Å². The van der Waals surface area contributed by atoms with Crippen LogP contribution in [-0.2, 0) is 10.0 Å². The Morgan fingerprint density at radius 1 is 1.29 bits per heavy atom. The van der Waals surface area contributed by atoms with E-state index in [1.165, 1.54) is 30.3 Å². The topological polar surface area (TPSA) is 118 Å². The molecule has 1 amide bonds. The molecular formula is C18H22ClN5O3S. The Morgan fingerprint density at radius 2 is 2.00 bits per heavy atom. The zero-order valence-corrected chi connectivity index (χ0v) is 17.4. The van der Waals surface area contributed by atoms with Crippen molar-refractivity contribution < 1.29 is 13.2 Å². The molecule has 1 aliphatic heterocycles. The first-order valence-electron chi connectivity index (χ1n) is 8.76. The molecule has 2 aromatic rings. The highest BCUT2D eigenvalue weighted by molar-refractivity contribution is 7.90. The molecule has 0 spiro atoms. The Kier molecular flexibility index (Phi) is 5.24. The van der Waals surface area contributed by atoms with Gasteiger partial charge in [-0.1, -0.05) is 24.6 Å². The number of nitrogen functional groups attached to an aromatic ring is 1. The average Bonchev–Trinajstić information content (AvgIpc) is 2.87. The van der Waals surface area contributed by atoms with E-state index in [2.05, 4.69) is 30.7 Å². The predicted octanol–water partition coefficient (Wildman–Crippen LogP) is 2.46. The van der Waals surface area contributed by atoms with E-state index in [4.69, 9.17) is 17.3 Å². The van der Waals surface area contributed by atoms with E-state index in [0.717, 1.165) is 6.42 Å². The summed E-state index contributed by atoms with van der Waals surface area (Å²) in [4.78, 5) is 22.9. The van der Waals surface area contributed by atoms with Crippen LogP contribution >= 0.6 is 11.6 Å². The molecule has 3 N–H and O–H groups in total. The fourth-order valence-electron chi connectivity index (χ4n) is 3.23. The molecular weight excluding hydrogens is 402 g/mol. The average molecular weight is 424 g/mol. The van der Waals surface area contributed by atoms with E-state index in [0.29, 0.717) is 18.3 Å². The van der Waals surface area contributed by atoms with Crippen molar-refractivity contribution in [2.45, 2.75) is 37.8 Å². The van der Waals surface area contributed by atoms with Gasteiger partial charge in [0.25, 0.3) is 15.9 Å². The number of carbonyl (C=O) groups is 1. The zero-order chi connectivity index (χ0) is 20.7. The SMILES string of the molecule is CC1CCN(c2nc(Cl)ccc2C(=O)NS(=O)(=O)c2cccc(N)n2)C1(C)C. The molecule has 2 aromatic heterocycles. The number of hydrogen-bond acceptors (Lipinski definition) is 7. The Labute approximate surface area is 169 Å². The summed E-state index contributed by atoms with van der Waals surface area (Å²) in [6.45, 7) is 6.93. The van der Waals surface area contributed by atoms with E-state index >= 15 is 0 Å². The van der Waals surface area contributed by atoms with Gasteiger partial charge in [-0.25, -0.2) is 14.7 Å². The summed E-state index contributed by atoms with van der Waals surface area (Å²) in [7, 11) is -4.19. The molecule has 0 aliphatic carbocycles. The van der Waals surface area contributed by atoms with E-state index in [-0.39, 0.29) is 27.1 Å². The van der Waals surface area contributed by atoms with Crippen LogP contribution in [0.15, 0.2) is 35.4 Å². The highest BCUT2D eigenvalue weighted by atomic mass is 35.5. The number of anilines is 2. The Morgan fingerprint density at radius 3 is 2.61 bits per heavy atom. The second-order valence-corrected chi connectivity index (χ2v) is 9.35. The molecule has 1 aliphatic rings. The van der Waals surface area contributed by atoms with Gasteiger partial charge >= 0.3 is 0 Å². The number of hydrogen-bond donors (Lipinski definition) is 2. The van der Waals surface area contributed by atoms with Gasteiger partial charge in [0.2, 0.25) is 0 Å². The molecule has 1 unspecified atom stereocenters. The monoisotopic (exact) mass is 423 g/mol. The van der Waals surface area contributed by atoms with Gasteiger partial charge in [-0.05, 0) is 50.5 Å². The number of nitrogens with two attached hydrogens (primary N) is 1. The predicted molar refractivity (Wildman–Crippen MR) is 108 cm³/mol. The van der Waals surface area contributed by atoms with Gasteiger partial charge in [-0.3, -0.25) is 4.79 Å². The van der Waals surface area contributed by atoms with Crippen molar-refractivity contribution in [3.63, 3.8) is 0 Å². The Hall–Kier alpha value is -2.39. The molecule has 0 bridgehead atoms. The lowest BCUT2D eigenvalue weighted by atomic mass is 9.90. The van der Waals surface area contributed by atoms with Gasteiger partial charge < -0.3 is 10.6 Å². The minimum Gasteiger partial charge on any atom is -0.384 e. The quantitative estimate of drug-likeness (QED) is 0.725. The molecule has 1 atom stereocenters. The summed E-state index contributed by atoms with van der Waals surface area (Å²) >= 11 is 6.06. The maximum atomic E-state index is 12.8. The summed E-state index contributed by atoms with van der Waals surface area (Å²) in [5.74, 6) is -0.0461. The van der Waals surface area contributed by atoms with Crippen molar-refractivity contribution in [2.24, 2.45) is 5.92 Å². The lowest BCUT2D eigenvalue weighted by Gasteiger charge is -2.36. The van der Waals surface area contributed by atoms with Gasteiger partial charge in [0.05, 0.1) is 5.56 Å². The van der Waals surface area contributed by atoms with Crippen molar-refractivity contribution in [1.29, 1.82) is 0 Å². The van der Waals surface area contributed by atoms with Crippen molar-refractivity contribution in [3.05, 3.63) is 41.0 Å². The van der Waals surface area contributed by atoms with E-state index in [1.807, 2.05) is 9.62 Å². The first-order valence-corrected chi connectivity index (χ1v) is 10.6. The van der Waals surface area contributed by atoms with Crippen LogP contribution in [0.25, 0.3) is 0 Å². The lowest BCUT2D eigenvalue weighted by Crippen LogP contribution is -2.43. The number of amides is 1. The molecule has 1 saturated heterocycles. The first kappa shape index (κ1) is 20.3. The largest absolute Gasteiger partial charge is 0.384 e. The summed E-state index contributed by atoms with van der Waals surface area (Å²) in [5, 5.41) is -0.110. The van der Waals surface area contributed by atoms with Gasteiger partial charge in [-0.2, -0.15) is 8.42 Å². The van der Waals surface area contributed by atoms with E-state index in [1.54, 1.807) is 0 Å². The third-order valence-electron chi connectivity index (χ3n) is 5.28. The molecule has 1 fully saturated rings. The number of nitrogens with zero attached hydrogens (tertiary/aromatic N) is 3. The van der Waals surface area contributed by atoms with Crippen LogP contribution in [0.1, 0.15) is 37.6 Å². The summed E-state index contributed by atoms with van der Waals surface area (Å²) in [6.07, 6.45) is 0.924. The minimum atomic E-state index is -4.19. The maximum absolute atomic E-state index is 12.8. The summed E-state index contributed by atoms with van der Waals surface area (Å²) < 4.78 is 27.1. The molecule has 0 aromatic carbocycles. The number of halogens is 1. The van der Waals surface area contributed by atoms with Crippen molar-refractivity contribution in [1.82, 2.24) is 14.7 Å². The van der Waals surface area contributed by atoms with E-state index in [9.17, 15) is 13.2 Å². The normalized spacial score (nSPS) is 18.9. The maximum Gasteiger partial charge on any atom is 0.281 e. The second kappa shape index (κ2) is 7.21. The molecule has 150 valence electrons. The molecule has 8 nitrogen and oxygen atoms in total. The number of rotatable bonds is 4. The van der Waals surface area contributed by atoms with Gasteiger partial charge in [0.1, 0.15) is 16.8 Å². The van der Waals surface area contributed by atoms with E-state index < -0.39 is 15.9 Å². The number of pyridine rings is 2. The summed E-state index contributed by atoms with van der Waals surface area (Å²) in [6, 6.07) is 7.10. The Bertz CT molecular complexity index is 1030. The number of nitrogens with one attached hydrogen (secondary N) is 1. The van der Waals surface area contributed by atoms with Crippen LogP contribution in [0.4, 0.5) is 11.6 Å². The first-order chi connectivity index (χ1) is 13.0. The fourth-order valence-corrected chi connectivity index (χ4v) is 4.31. The fraction of sp³-hybridized carbons (Fsp3) is 0.389. The second-order valence-electron chi connectivity index (χ2n) is 7.34. The number of aromatic nitrogens is 2. The van der Waals surface area contributed by atoms with Crippen molar-refractivity contribution in [2.75, 3.05) is 17.2 Å². The minimum absolute atomic E-state index is 0.0389. The van der Waals surface area contributed by atoms with Gasteiger partial charge in [0, 0.05) is 12.1 Å². The molecule has 3 rings (SSSR count). The molecule has 10 heteroatoms. The molecule has 0 saturated carbocycles. The van der Waals surface area contributed by atoms with Crippen LogP contribution in [0.3, 0.4) is 0 Å². The van der Waals surface area contributed by atoms with Crippen LogP contribution in [-0.4, -0.2) is 36.4 Å². The third kappa shape index (κ3) is 3.77. The molecule has 28 heavy (non-hydrogen) atoms. The van der Waals surface area contributed by atoms with Crippen LogP contribution in [0.2, 0.25) is 5.15 Å². The smallest absolute Gasteiger partial charge is 0.281 e. The molecule has 3 heterocycles. The highest BCUT2D eigenvalue weighted by Gasteiger charge is 2.41.